The van der Waals surface area contributed by atoms with Crippen molar-refractivity contribution in [2.45, 2.75) is 13.1 Å². The standard InChI is InChI=1S/C18H16FN5O/c19-16-6-2-1-5-14(16)10-21-17(25)15-11-23-18(24-12-15)22-9-13-4-3-7-20-8-13/h1-8,11-12H,9-10H2,(H,21,25)(H,22,23,24). The second-order valence-electron chi connectivity index (χ2n) is 5.28. The van der Waals surface area contributed by atoms with Gasteiger partial charge >= 0.3 is 0 Å². The van der Waals surface area contributed by atoms with Crippen molar-refractivity contribution in [2.24, 2.45) is 0 Å². The van der Waals surface area contributed by atoms with Gasteiger partial charge in [0.15, 0.2) is 0 Å². The van der Waals surface area contributed by atoms with Gasteiger partial charge in [-0.25, -0.2) is 14.4 Å². The van der Waals surface area contributed by atoms with Gasteiger partial charge in [-0.3, -0.25) is 9.78 Å². The van der Waals surface area contributed by atoms with E-state index in [9.17, 15) is 9.18 Å². The summed E-state index contributed by atoms with van der Waals surface area (Å²) in [5.74, 6) is -0.300. The molecular formula is C18H16FN5O. The molecule has 1 amide bonds. The molecule has 0 saturated heterocycles. The van der Waals surface area contributed by atoms with Crippen LogP contribution in [0.25, 0.3) is 0 Å². The minimum atomic E-state index is -0.359. The zero-order chi connectivity index (χ0) is 17.5. The smallest absolute Gasteiger partial charge is 0.254 e. The number of carbonyl (C=O) groups is 1. The summed E-state index contributed by atoms with van der Waals surface area (Å²) in [5, 5.41) is 5.69. The lowest BCUT2D eigenvalue weighted by atomic mass is 10.2. The first-order valence-electron chi connectivity index (χ1n) is 7.69. The van der Waals surface area contributed by atoms with Gasteiger partial charge in [0, 0.05) is 43.4 Å². The predicted octanol–water partition coefficient (Wildman–Crippen LogP) is 2.55. The Bertz CT molecular complexity index is 840. The molecule has 2 heterocycles. The molecular weight excluding hydrogens is 321 g/mol. The lowest BCUT2D eigenvalue weighted by Crippen LogP contribution is -2.23. The summed E-state index contributed by atoms with van der Waals surface area (Å²) in [5.41, 5.74) is 1.73. The van der Waals surface area contributed by atoms with E-state index in [1.54, 1.807) is 30.6 Å². The molecule has 25 heavy (non-hydrogen) atoms. The molecule has 3 rings (SSSR count). The Hall–Kier alpha value is -3.35. The summed E-state index contributed by atoms with van der Waals surface area (Å²) in [6, 6.07) is 10.1. The third-order valence-electron chi connectivity index (χ3n) is 3.48. The van der Waals surface area contributed by atoms with Crippen molar-refractivity contribution in [1.29, 1.82) is 0 Å². The highest BCUT2D eigenvalue weighted by molar-refractivity contribution is 5.93. The Morgan fingerprint density at radius 3 is 2.52 bits per heavy atom. The van der Waals surface area contributed by atoms with E-state index >= 15 is 0 Å². The van der Waals surface area contributed by atoms with Gasteiger partial charge in [0.25, 0.3) is 5.91 Å². The van der Waals surface area contributed by atoms with Crippen LogP contribution in [0.4, 0.5) is 10.3 Å². The maximum absolute atomic E-state index is 13.5. The molecule has 0 spiro atoms. The van der Waals surface area contributed by atoms with Gasteiger partial charge in [-0.05, 0) is 17.7 Å². The van der Waals surface area contributed by atoms with Crippen LogP contribution in [0.2, 0.25) is 0 Å². The molecule has 3 aromatic rings. The number of amides is 1. The largest absolute Gasteiger partial charge is 0.350 e. The molecule has 0 aliphatic rings. The molecule has 0 atom stereocenters. The fourth-order valence-corrected chi connectivity index (χ4v) is 2.14. The van der Waals surface area contributed by atoms with Crippen molar-refractivity contribution in [3.8, 4) is 0 Å². The summed E-state index contributed by atoms with van der Waals surface area (Å²) in [6.45, 7) is 0.638. The number of nitrogens with zero attached hydrogens (tertiary/aromatic N) is 3. The summed E-state index contributed by atoms with van der Waals surface area (Å²) < 4.78 is 13.5. The zero-order valence-corrected chi connectivity index (χ0v) is 13.3. The quantitative estimate of drug-likeness (QED) is 0.723. The fraction of sp³-hybridized carbons (Fsp3) is 0.111. The number of pyridine rings is 1. The van der Waals surface area contributed by atoms with Crippen LogP contribution in [0.15, 0.2) is 61.2 Å². The van der Waals surface area contributed by atoms with Gasteiger partial charge in [0.05, 0.1) is 5.56 Å². The van der Waals surface area contributed by atoms with Crippen LogP contribution in [0.3, 0.4) is 0 Å². The van der Waals surface area contributed by atoms with E-state index in [1.165, 1.54) is 18.5 Å². The van der Waals surface area contributed by atoms with Gasteiger partial charge in [-0.2, -0.15) is 0 Å². The van der Waals surface area contributed by atoms with E-state index in [0.717, 1.165) is 5.56 Å². The van der Waals surface area contributed by atoms with Crippen molar-refractivity contribution in [3.05, 3.63) is 83.7 Å². The van der Waals surface area contributed by atoms with Crippen LogP contribution in [-0.2, 0) is 13.1 Å². The highest BCUT2D eigenvalue weighted by Gasteiger charge is 2.08. The molecule has 2 aromatic heterocycles. The summed E-state index contributed by atoms with van der Waals surface area (Å²) in [7, 11) is 0. The minimum Gasteiger partial charge on any atom is -0.350 e. The van der Waals surface area contributed by atoms with Crippen LogP contribution in [0.1, 0.15) is 21.5 Å². The van der Waals surface area contributed by atoms with Crippen LogP contribution >= 0.6 is 0 Å². The molecule has 126 valence electrons. The first-order chi connectivity index (χ1) is 12.2. The van der Waals surface area contributed by atoms with Crippen LogP contribution in [0, 0.1) is 5.82 Å². The molecule has 0 radical (unpaired) electrons. The number of rotatable bonds is 6. The Kier molecular flexibility index (Phi) is 5.26. The Morgan fingerprint density at radius 2 is 1.80 bits per heavy atom. The van der Waals surface area contributed by atoms with Crippen LogP contribution < -0.4 is 10.6 Å². The van der Waals surface area contributed by atoms with Crippen molar-refractivity contribution >= 4 is 11.9 Å². The second kappa shape index (κ2) is 7.96. The van der Waals surface area contributed by atoms with E-state index in [-0.39, 0.29) is 18.3 Å². The number of hydrogen-bond acceptors (Lipinski definition) is 5. The molecule has 1 aromatic carbocycles. The first kappa shape index (κ1) is 16.5. The third-order valence-corrected chi connectivity index (χ3v) is 3.48. The average molecular weight is 337 g/mol. The van der Waals surface area contributed by atoms with E-state index in [0.29, 0.717) is 23.6 Å². The van der Waals surface area contributed by atoms with Gasteiger partial charge < -0.3 is 10.6 Å². The van der Waals surface area contributed by atoms with E-state index in [1.807, 2.05) is 12.1 Å². The molecule has 2 N–H and O–H groups in total. The van der Waals surface area contributed by atoms with Crippen molar-refractivity contribution in [3.63, 3.8) is 0 Å². The molecule has 0 unspecified atom stereocenters. The summed E-state index contributed by atoms with van der Waals surface area (Å²) >= 11 is 0. The number of nitrogens with one attached hydrogen (secondary N) is 2. The Labute approximate surface area is 144 Å². The number of hydrogen-bond donors (Lipinski definition) is 2. The molecule has 7 heteroatoms. The van der Waals surface area contributed by atoms with Crippen LogP contribution in [-0.4, -0.2) is 20.9 Å². The number of aromatic nitrogens is 3. The highest BCUT2D eigenvalue weighted by Crippen LogP contribution is 2.07. The van der Waals surface area contributed by atoms with Gasteiger partial charge in [-0.15, -0.1) is 0 Å². The zero-order valence-electron chi connectivity index (χ0n) is 13.3. The van der Waals surface area contributed by atoms with Gasteiger partial charge in [0.1, 0.15) is 5.82 Å². The van der Waals surface area contributed by atoms with Gasteiger partial charge in [0.2, 0.25) is 5.95 Å². The Balaban J connectivity index is 1.54. The van der Waals surface area contributed by atoms with Crippen molar-refractivity contribution in [2.75, 3.05) is 5.32 Å². The summed E-state index contributed by atoms with van der Waals surface area (Å²) in [6.07, 6.45) is 6.30. The Morgan fingerprint density at radius 1 is 1.00 bits per heavy atom. The molecule has 0 aliphatic carbocycles. The molecule has 6 nitrogen and oxygen atoms in total. The van der Waals surface area contributed by atoms with E-state index in [4.69, 9.17) is 0 Å². The topological polar surface area (TPSA) is 79.8 Å². The fourth-order valence-electron chi connectivity index (χ4n) is 2.14. The monoisotopic (exact) mass is 337 g/mol. The van der Waals surface area contributed by atoms with Crippen LogP contribution in [0.5, 0.6) is 0 Å². The molecule has 0 aliphatic heterocycles. The molecule has 0 saturated carbocycles. The number of carbonyl (C=O) groups excluding carboxylic acids is 1. The lowest BCUT2D eigenvalue weighted by molar-refractivity contribution is 0.0950. The van der Waals surface area contributed by atoms with E-state index in [2.05, 4.69) is 25.6 Å². The normalized spacial score (nSPS) is 10.3. The maximum Gasteiger partial charge on any atom is 0.254 e. The molecule has 0 fully saturated rings. The lowest BCUT2D eigenvalue weighted by Gasteiger charge is -2.07. The van der Waals surface area contributed by atoms with Crippen molar-refractivity contribution < 1.29 is 9.18 Å². The minimum absolute atomic E-state index is 0.104. The maximum atomic E-state index is 13.5. The number of halogens is 1. The van der Waals surface area contributed by atoms with Gasteiger partial charge in [-0.1, -0.05) is 24.3 Å². The molecule has 0 bridgehead atoms. The first-order valence-corrected chi connectivity index (χ1v) is 7.69. The summed E-state index contributed by atoms with van der Waals surface area (Å²) in [4.78, 5) is 24.3. The highest BCUT2D eigenvalue weighted by atomic mass is 19.1. The second-order valence-corrected chi connectivity index (χ2v) is 5.28. The average Bonchev–Trinajstić information content (AvgIpc) is 2.67. The third kappa shape index (κ3) is 4.57. The SMILES string of the molecule is O=C(NCc1ccccc1F)c1cnc(NCc2cccnc2)nc1. The van der Waals surface area contributed by atoms with E-state index < -0.39 is 0 Å². The predicted molar refractivity (Wildman–Crippen MR) is 91.2 cm³/mol. The number of anilines is 1. The number of benzene rings is 1. The van der Waals surface area contributed by atoms with Crippen molar-refractivity contribution in [1.82, 2.24) is 20.3 Å².